The van der Waals surface area contributed by atoms with Gasteiger partial charge in [0.1, 0.15) is 0 Å². The molecule has 0 fully saturated rings. The third-order valence-electron chi connectivity index (χ3n) is 3.55. The Morgan fingerprint density at radius 2 is 1.95 bits per heavy atom. The van der Waals surface area contributed by atoms with E-state index >= 15 is 0 Å². The number of H-pyrrole nitrogens is 1. The fourth-order valence-corrected chi connectivity index (χ4v) is 2.65. The van der Waals surface area contributed by atoms with E-state index in [2.05, 4.69) is 39.7 Å². The quantitative estimate of drug-likeness (QED) is 0.936. The molecule has 1 heterocycles. The number of nitrogens with one attached hydrogen (secondary N) is 1. The summed E-state index contributed by atoms with van der Waals surface area (Å²) in [6.45, 7) is 8.81. The highest BCUT2D eigenvalue weighted by atomic mass is 79.9. The van der Waals surface area contributed by atoms with Crippen molar-refractivity contribution >= 4 is 26.8 Å². The highest BCUT2D eigenvalue weighted by Crippen LogP contribution is 2.17. The summed E-state index contributed by atoms with van der Waals surface area (Å²) in [6.07, 6.45) is 0. The molecule has 1 aromatic heterocycles. The maximum atomic E-state index is 12.6. The van der Waals surface area contributed by atoms with Gasteiger partial charge in [0.2, 0.25) is 0 Å². The van der Waals surface area contributed by atoms with Crippen LogP contribution in [0.15, 0.2) is 27.5 Å². The summed E-state index contributed by atoms with van der Waals surface area (Å²) in [5.74, 6) is 0. The Bertz CT molecular complexity index is 644. The number of halogens is 1. The van der Waals surface area contributed by atoms with Crippen LogP contribution in [0.2, 0.25) is 0 Å². The van der Waals surface area contributed by atoms with E-state index in [4.69, 9.17) is 0 Å². The molecule has 4 heteroatoms. The molecule has 0 amide bonds. The molecule has 19 heavy (non-hydrogen) atoms. The van der Waals surface area contributed by atoms with Gasteiger partial charge in [-0.05, 0) is 38.2 Å². The van der Waals surface area contributed by atoms with E-state index < -0.39 is 0 Å². The van der Waals surface area contributed by atoms with E-state index in [1.165, 1.54) is 0 Å². The van der Waals surface area contributed by atoms with E-state index in [-0.39, 0.29) is 5.43 Å². The Morgan fingerprint density at radius 3 is 2.58 bits per heavy atom. The normalized spacial score (nSPS) is 11.4. The second-order valence-corrected chi connectivity index (χ2v) is 5.62. The van der Waals surface area contributed by atoms with Crippen LogP contribution in [0.4, 0.5) is 0 Å². The van der Waals surface area contributed by atoms with Gasteiger partial charge in [0.05, 0.1) is 0 Å². The smallest absolute Gasteiger partial charge is 0.194 e. The van der Waals surface area contributed by atoms with Crippen molar-refractivity contribution in [3.05, 3.63) is 44.2 Å². The van der Waals surface area contributed by atoms with Crippen LogP contribution in [0.5, 0.6) is 0 Å². The lowest BCUT2D eigenvalue weighted by Crippen LogP contribution is -2.27. The summed E-state index contributed by atoms with van der Waals surface area (Å²) < 4.78 is 0.933. The van der Waals surface area contributed by atoms with Crippen LogP contribution in [0, 0.1) is 6.92 Å². The van der Waals surface area contributed by atoms with Gasteiger partial charge in [0, 0.05) is 33.2 Å². The first kappa shape index (κ1) is 14.3. The molecule has 3 nitrogen and oxygen atoms in total. The van der Waals surface area contributed by atoms with E-state index in [9.17, 15) is 4.79 Å². The molecule has 0 unspecified atom stereocenters. The van der Waals surface area contributed by atoms with Crippen LogP contribution in [0.25, 0.3) is 10.9 Å². The first-order valence-corrected chi connectivity index (χ1v) is 7.39. The van der Waals surface area contributed by atoms with Crippen LogP contribution in [0.3, 0.4) is 0 Å². The molecule has 0 saturated heterocycles. The number of nitrogens with zero attached hydrogens (tertiary/aromatic N) is 1. The van der Waals surface area contributed by atoms with E-state index in [1.807, 2.05) is 25.1 Å². The summed E-state index contributed by atoms with van der Waals surface area (Å²) in [6, 6.07) is 5.77. The third kappa shape index (κ3) is 2.90. The monoisotopic (exact) mass is 322 g/mol. The minimum Gasteiger partial charge on any atom is -0.358 e. The van der Waals surface area contributed by atoms with Gasteiger partial charge in [0.25, 0.3) is 0 Å². The number of pyridine rings is 1. The maximum absolute atomic E-state index is 12.6. The number of hydrogen-bond donors (Lipinski definition) is 1. The number of fused-ring (bicyclic) bond motifs is 1. The van der Waals surface area contributed by atoms with Crippen molar-refractivity contribution in [1.82, 2.24) is 9.88 Å². The molecule has 1 N–H and O–H groups in total. The molecule has 0 bridgehead atoms. The number of hydrogen-bond acceptors (Lipinski definition) is 2. The van der Waals surface area contributed by atoms with Gasteiger partial charge < -0.3 is 4.98 Å². The molecule has 0 spiro atoms. The zero-order chi connectivity index (χ0) is 14.0. The van der Waals surface area contributed by atoms with Crippen LogP contribution in [-0.2, 0) is 6.54 Å². The molecule has 0 aliphatic rings. The van der Waals surface area contributed by atoms with Gasteiger partial charge in [-0.25, -0.2) is 0 Å². The summed E-state index contributed by atoms with van der Waals surface area (Å²) in [5.41, 5.74) is 2.87. The standard InChI is InChI=1S/C15H19BrN2O/c1-4-18(5-2)9-13-10(3)17-14-7-6-11(16)8-12(14)15(13)19/h6-8H,4-5,9H2,1-3H3,(H,17,19). The fourth-order valence-electron chi connectivity index (χ4n) is 2.28. The Labute approximate surface area is 121 Å². The third-order valence-corrected chi connectivity index (χ3v) is 4.04. The zero-order valence-electron chi connectivity index (χ0n) is 11.6. The highest BCUT2D eigenvalue weighted by molar-refractivity contribution is 9.10. The van der Waals surface area contributed by atoms with Crippen molar-refractivity contribution in [2.45, 2.75) is 27.3 Å². The van der Waals surface area contributed by atoms with Gasteiger partial charge >= 0.3 is 0 Å². The SMILES string of the molecule is CCN(CC)Cc1c(C)[nH]c2ccc(Br)cc2c1=O. The molecule has 0 atom stereocenters. The van der Waals surface area contributed by atoms with Gasteiger partial charge in [-0.15, -0.1) is 0 Å². The Morgan fingerprint density at radius 1 is 1.26 bits per heavy atom. The molecule has 0 aliphatic carbocycles. The largest absolute Gasteiger partial charge is 0.358 e. The highest BCUT2D eigenvalue weighted by Gasteiger charge is 2.12. The minimum atomic E-state index is 0.138. The summed E-state index contributed by atoms with van der Waals surface area (Å²) in [5, 5.41) is 0.752. The van der Waals surface area contributed by atoms with Gasteiger partial charge in [-0.2, -0.15) is 0 Å². The van der Waals surface area contributed by atoms with Crippen LogP contribution >= 0.6 is 15.9 Å². The topological polar surface area (TPSA) is 36.1 Å². The van der Waals surface area contributed by atoms with E-state index in [0.717, 1.165) is 39.7 Å². The summed E-state index contributed by atoms with van der Waals surface area (Å²) in [4.78, 5) is 18.2. The molecule has 2 rings (SSSR count). The lowest BCUT2D eigenvalue weighted by Gasteiger charge is -2.19. The molecular formula is C15H19BrN2O. The average molecular weight is 323 g/mol. The predicted octanol–water partition coefficient (Wildman–Crippen LogP) is 3.44. The molecule has 1 aromatic carbocycles. The molecular weight excluding hydrogens is 304 g/mol. The minimum absolute atomic E-state index is 0.138. The first-order valence-electron chi connectivity index (χ1n) is 6.60. The number of rotatable bonds is 4. The maximum Gasteiger partial charge on any atom is 0.194 e. The Kier molecular flexibility index (Phi) is 4.42. The van der Waals surface area contributed by atoms with E-state index in [1.54, 1.807) is 0 Å². The average Bonchev–Trinajstić information content (AvgIpc) is 2.40. The summed E-state index contributed by atoms with van der Waals surface area (Å²) in [7, 11) is 0. The number of aryl methyl sites for hydroxylation is 1. The number of benzene rings is 1. The van der Waals surface area contributed by atoms with Crippen molar-refractivity contribution in [3.63, 3.8) is 0 Å². The predicted molar refractivity (Wildman–Crippen MR) is 83.6 cm³/mol. The molecule has 0 aliphatic heterocycles. The van der Waals surface area contributed by atoms with Crippen molar-refractivity contribution in [3.8, 4) is 0 Å². The number of aromatic amines is 1. The molecule has 0 saturated carbocycles. The summed E-state index contributed by atoms with van der Waals surface area (Å²) >= 11 is 3.42. The lowest BCUT2D eigenvalue weighted by atomic mass is 10.1. The second-order valence-electron chi connectivity index (χ2n) is 4.71. The van der Waals surface area contributed by atoms with E-state index in [0.29, 0.717) is 6.54 Å². The first-order chi connectivity index (χ1) is 9.06. The van der Waals surface area contributed by atoms with Crippen LogP contribution < -0.4 is 5.43 Å². The number of aromatic nitrogens is 1. The second kappa shape index (κ2) is 5.88. The fraction of sp³-hybridized carbons (Fsp3) is 0.400. The van der Waals surface area contributed by atoms with Crippen molar-refractivity contribution in [1.29, 1.82) is 0 Å². The van der Waals surface area contributed by atoms with Crippen LogP contribution in [-0.4, -0.2) is 23.0 Å². The van der Waals surface area contributed by atoms with Crippen molar-refractivity contribution < 1.29 is 0 Å². The van der Waals surface area contributed by atoms with Gasteiger partial charge in [-0.1, -0.05) is 29.8 Å². The van der Waals surface area contributed by atoms with Gasteiger partial charge in [0.15, 0.2) is 5.43 Å². The van der Waals surface area contributed by atoms with Gasteiger partial charge in [-0.3, -0.25) is 9.69 Å². The zero-order valence-corrected chi connectivity index (χ0v) is 13.2. The molecule has 2 aromatic rings. The molecule has 0 radical (unpaired) electrons. The Balaban J connectivity index is 2.58. The molecule has 102 valence electrons. The van der Waals surface area contributed by atoms with Crippen molar-refractivity contribution in [2.75, 3.05) is 13.1 Å². The van der Waals surface area contributed by atoms with Crippen LogP contribution in [0.1, 0.15) is 25.1 Å². The lowest BCUT2D eigenvalue weighted by molar-refractivity contribution is 0.294. The van der Waals surface area contributed by atoms with Crippen molar-refractivity contribution in [2.24, 2.45) is 0 Å². The Hall–Kier alpha value is -1.13.